The highest BCUT2D eigenvalue weighted by atomic mass is 32.2. The maximum absolute atomic E-state index is 12.0. The molecule has 0 bridgehead atoms. The largest absolute Gasteiger partial charge is 0.465 e. The molecule has 6 nitrogen and oxygen atoms in total. The monoisotopic (exact) mass is 310 g/mol. The highest BCUT2D eigenvalue weighted by molar-refractivity contribution is 7.90. The quantitative estimate of drug-likeness (QED) is 0.870. The maximum Gasteiger partial charge on any atom is 0.319 e. The van der Waals surface area contributed by atoms with Crippen molar-refractivity contribution in [2.75, 3.05) is 12.9 Å². The summed E-state index contributed by atoms with van der Waals surface area (Å²) in [5.74, 6) is 0.0639. The number of sulfone groups is 1. The minimum absolute atomic E-state index is 0.208. The molecule has 0 saturated carbocycles. The van der Waals surface area contributed by atoms with E-state index in [0.29, 0.717) is 23.5 Å². The number of carbonyl (C=O) groups is 1. The molecule has 2 rings (SSSR count). The SMILES string of the molecule is CCOC(=O)C(C)(C)c1nc2ccc(S(C)(=O)=O)cc2[nH]1. The van der Waals surface area contributed by atoms with E-state index < -0.39 is 15.3 Å². The van der Waals surface area contributed by atoms with Crippen molar-refractivity contribution in [1.82, 2.24) is 9.97 Å². The zero-order valence-corrected chi connectivity index (χ0v) is 13.2. The fourth-order valence-electron chi connectivity index (χ4n) is 1.92. The number of hydrogen-bond donors (Lipinski definition) is 1. The van der Waals surface area contributed by atoms with Gasteiger partial charge in [-0.1, -0.05) is 0 Å². The second-order valence-electron chi connectivity index (χ2n) is 5.38. The number of imidazole rings is 1. The van der Waals surface area contributed by atoms with Crippen LogP contribution in [0.25, 0.3) is 11.0 Å². The van der Waals surface area contributed by atoms with Crippen molar-refractivity contribution in [2.24, 2.45) is 0 Å². The van der Waals surface area contributed by atoms with Gasteiger partial charge in [0.15, 0.2) is 9.84 Å². The number of benzene rings is 1. The van der Waals surface area contributed by atoms with Crippen LogP contribution < -0.4 is 0 Å². The Balaban J connectivity index is 2.51. The summed E-state index contributed by atoms with van der Waals surface area (Å²) in [7, 11) is -3.28. The minimum atomic E-state index is -3.28. The number of nitrogens with zero attached hydrogens (tertiary/aromatic N) is 1. The number of ether oxygens (including phenoxy) is 1. The second kappa shape index (κ2) is 5.14. The van der Waals surface area contributed by atoms with Crippen LogP contribution in [0.15, 0.2) is 23.1 Å². The van der Waals surface area contributed by atoms with E-state index in [0.717, 1.165) is 6.26 Å². The van der Waals surface area contributed by atoms with Crippen molar-refractivity contribution in [3.05, 3.63) is 24.0 Å². The number of esters is 1. The molecule has 1 heterocycles. The summed E-state index contributed by atoms with van der Waals surface area (Å²) in [4.78, 5) is 19.6. The third kappa shape index (κ3) is 2.92. The van der Waals surface area contributed by atoms with Gasteiger partial charge in [0.05, 0.1) is 22.5 Å². The molecule has 114 valence electrons. The number of nitrogens with one attached hydrogen (secondary N) is 1. The highest BCUT2D eigenvalue weighted by Gasteiger charge is 2.34. The fraction of sp³-hybridized carbons (Fsp3) is 0.429. The van der Waals surface area contributed by atoms with Gasteiger partial charge in [-0.3, -0.25) is 4.79 Å². The van der Waals surface area contributed by atoms with E-state index in [2.05, 4.69) is 9.97 Å². The van der Waals surface area contributed by atoms with E-state index in [1.165, 1.54) is 12.1 Å². The first kappa shape index (κ1) is 15.5. The number of aromatic amines is 1. The smallest absolute Gasteiger partial charge is 0.319 e. The molecule has 0 fully saturated rings. The van der Waals surface area contributed by atoms with Crippen LogP contribution in [0.4, 0.5) is 0 Å². The molecular weight excluding hydrogens is 292 g/mol. The maximum atomic E-state index is 12.0. The predicted molar refractivity (Wildman–Crippen MR) is 78.9 cm³/mol. The molecule has 0 amide bonds. The number of carbonyl (C=O) groups excluding carboxylic acids is 1. The summed E-state index contributed by atoms with van der Waals surface area (Å²) < 4.78 is 28.2. The molecule has 7 heteroatoms. The lowest BCUT2D eigenvalue weighted by atomic mass is 9.93. The van der Waals surface area contributed by atoms with E-state index in [1.54, 1.807) is 26.8 Å². The van der Waals surface area contributed by atoms with Crippen LogP contribution in [-0.2, 0) is 24.8 Å². The van der Waals surface area contributed by atoms with Gasteiger partial charge in [0, 0.05) is 6.26 Å². The number of rotatable bonds is 4. The van der Waals surface area contributed by atoms with Gasteiger partial charge in [-0.2, -0.15) is 0 Å². The zero-order valence-electron chi connectivity index (χ0n) is 12.4. The Morgan fingerprint density at radius 2 is 2.05 bits per heavy atom. The summed E-state index contributed by atoms with van der Waals surface area (Å²) in [6.45, 7) is 5.45. The molecule has 0 atom stereocenters. The van der Waals surface area contributed by atoms with Crippen LogP contribution in [0.5, 0.6) is 0 Å². The van der Waals surface area contributed by atoms with Crippen molar-refractivity contribution in [2.45, 2.75) is 31.1 Å². The first-order chi connectivity index (χ1) is 9.66. The number of aromatic nitrogens is 2. The molecule has 0 aliphatic rings. The van der Waals surface area contributed by atoms with Gasteiger partial charge in [-0.25, -0.2) is 13.4 Å². The average Bonchev–Trinajstić information content (AvgIpc) is 2.81. The van der Waals surface area contributed by atoms with E-state index in [1.807, 2.05) is 0 Å². The number of fused-ring (bicyclic) bond motifs is 1. The topological polar surface area (TPSA) is 89.1 Å². The molecule has 0 spiro atoms. The molecule has 0 saturated heterocycles. The zero-order chi connectivity index (χ0) is 15.8. The summed E-state index contributed by atoms with van der Waals surface area (Å²) in [6, 6.07) is 4.63. The van der Waals surface area contributed by atoms with Crippen molar-refractivity contribution in [3.63, 3.8) is 0 Å². The molecular formula is C14H18N2O4S. The van der Waals surface area contributed by atoms with Gasteiger partial charge < -0.3 is 9.72 Å². The highest BCUT2D eigenvalue weighted by Crippen LogP contribution is 2.26. The standard InChI is InChI=1S/C14H18N2O4S/c1-5-20-13(17)14(2,3)12-15-10-7-6-9(21(4,18)19)8-11(10)16-12/h6-8H,5H2,1-4H3,(H,15,16). The molecule has 0 aliphatic carbocycles. The van der Waals surface area contributed by atoms with E-state index in [9.17, 15) is 13.2 Å². The van der Waals surface area contributed by atoms with E-state index in [-0.39, 0.29) is 10.9 Å². The normalized spacial score (nSPS) is 12.6. The van der Waals surface area contributed by atoms with Gasteiger partial charge >= 0.3 is 5.97 Å². The van der Waals surface area contributed by atoms with Crippen molar-refractivity contribution in [1.29, 1.82) is 0 Å². The number of H-pyrrole nitrogens is 1. The molecule has 1 N–H and O–H groups in total. The Hall–Kier alpha value is -1.89. The third-order valence-electron chi connectivity index (χ3n) is 3.26. The van der Waals surface area contributed by atoms with E-state index >= 15 is 0 Å². The average molecular weight is 310 g/mol. The molecule has 1 aromatic heterocycles. The van der Waals surface area contributed by atoms with Crippen LogP contribution >= 0.6 is 0 Å². The Bertz CT molecular complexity index is 790. The van der Waals surface area contributed by atoms with Crippen LogP contribution in [0.3, 0.4) is 0 Å². The lowest BCUT2D eigenvalue weighted by molar-refractivity contribution is -0.149. The summed E-state index contributed by atoms with van der Waals surface area (Å²) >= 11 is 0. The molecule has 2 aromatic rings. The van der Waals surface area contributed by atoms with Crippen LogP contribution in [0.1, 0.15) is 26.6 Å². The first-order valence-electron chi connectivity index (χ1n) is 6.53. The van der Waals surface area contributed by atoms with Crippen molar-refractivity contribution < 1.29 is 17.9 Å². The van der Waals surface area contributed by atoms with Crippen LogP contribution in [-0.4, -0.2) is 37.2 Å². The Labute approximate surface area is 123 Å². The van der Waals surface area contributed by atoms with Gasteiger partial charge in [0.1, 0.15) is 11.2 Å². The summed E-state index contributed by atoms with van der Waals surface area (Å²) in [6.07, 6.45) is 1.15. The molecule has 1 aromatic carbocycles. The van der Waals surface area contributed by atoms with E-state index in [4.69, 9.17) is 4.74 Å². The molecule has 21 heavy (non-hydrogen) atoms. The fourth-order valence-corrected chi connectivity index (χ4v) is 2.57. The van der Waals surface area contributed by atoms with Crippen LogP contribution in [0, 0.1) is 0 Å². The van der Waals surface area contributed by atoms with Gasteiger partial charge in [0.2, 0.25) is 0 Å². The molecule has 0 unspecified atom stereocenters. The van der Waals surface area contributed by atoms with Gasteiger partial charge in [-0.05, 0) is 39.0 Å². The summed E-state index contributed by atoms with van der Waals surface area (Å²) in [5, 5.41) is 0. The number of hydrogen-bond acceptors (Lipinski definition) is 5. The van der Waals surface area contributed by atoms with Crippen molar-refractivity contribution >= 4 is 26.8 Å². The second-order valence-corrected chi connectivity index (χ2v) is 7.40. The molecule has 0 aliphatic heterocycles. The molecule has 0 radical (unpaired) electrons. The predicted octanol–water partition coefficient (Wildman–Crippen LogP) is 1.81. The Morgan fingerprint density at radius 1 is 1.38 bits per heavy atom. The first-order valence-corrected chi connectivity index (χ1v) is 8.43. The lowest BCUT2D eigenvalue weighted by Gasteiger charge is -2.19. The minimum Gasteiger partial charge on any atom is -0.465 e. The Morgan fingerprint density at radius 3 is 2.62 bits per heavy atom. The van der Waals surface area contributed by atoms with Gasteiger partial charge in [0.25, 0.3) is 0 Å². The Kier molecular flexibility index (Phi) is 3.79. The van der Waals surface area contributed by atoms with Gasteiger partial charge in [-0.15, -0.1) is 0 Å². The van der Waals surface area contributed by atoms with Crippen molar-refractivity contribution in [3.8, 4) is 0 Å². The summed E-state index contributed by atoms with van der Waals surface area (Å²) in [5.41, 5.74) is 0.250. The lowest BCUT2D eigenvalue weighted by Crippen LogP contribution is -2.32. The third-order valence-corrected chi connectivity index (χ3v) is 4.37. The van der Waals surface area contributed by atoms with Crippen LogP contribution in [0.2, 0.25) is 0 Å².